The SMILES string of the molecule is C#CCN(c1ccc(C(=O)N[C@@H](CCC(=O)N[C@H](CCC(N)=O)C(=O)O)C(=O)O)cc1)C1CCc2cc3nc(C)[nH]c(=O)c3cc21. The highest BCUT2D eigenvalue weighted by Gasteiger charge is 2.30. The largest absolute Gasteiger partial charge is 0.480 e. The smallest absolute Gasteiger partial charge is 0.326 e. The number of anilines is 1. The van der Waals surface area contributed by atoms with Gasteiger partial charge in [-0.05, 0) is 80.1 Å². The monoisotopic (exact) mass is 630 g/mol. The Morgan fingerprint density at radius 2 is 1.72 bits per heavy atom. The third-order valence-corrected chi connectivity index (χ3v) is 7.81. The van der Waals surface area contributed by atoms with Crippen LogP contribution >= 0.6 is 0 Å². The van der Waals surface area contributed by atoms with Gasteiger partial charge in [0.25, 0.3) is 11.5 Å². The molecule has 0 saturated carbocycles. The second-order valence-corrected chi connectivity index (χ2v) is 11.0. The van der Waals surface area contributed by atoms with Crippen LogP contribution in [0.3, 0.4) is 0 Å². The number of nitrogens with zero attached hydrogens (tertiary/aromatic N) is 2. The van der Waals surface area contributed by atoms with Gasteiger partial charge in [0.2, 0.25) is 11.8 Å². The summed E-state index contributed by atoms with van der Waals surface area (Å²) in [5.41, 5.74) is 8.37. The van der Waals surface area contributed by atoms with Crippen LogP contribution in [0.4, 0.5) is 5.69 Å². The van der Waals surface area contributed by atoms with E-state index >= 15 is 0 Å². The lowest BCUT2D eigenvalue weighted by molar-refractivity contribution is -0.143. The average molecular weight is 631 g/mol. The standard InChI is InChI=1S/C32H34N6O8/c1-3-14-38(26-11-6-19-15-25-22(16-21(19)26)30(42)35-17(2)34-25)20-7-4-18(5-8-20)29(41)37-24(32(45)46)10-13-28(40)36-23(31(43)44)9-12-27(33)39/h1,4-5,7-8,15-16,23-24,26H,6,9-14H2,2H3,(H2,33,39)(H,36,40)(H,37,41)(H,43,44)(H,45,46)(H,34,35,42)/t23-,24+,26?/m1/s1. The molecule has 1 unspecified atom stereocenters. The zero-order valence-electron chi connectivity index (χ0n) is 25.0. The highest BCUT2D eigenvalue weighted by atomic mass is 16.4. The lowest BCUT2D eigenvalue weighted by atomic mass is 10.0. The van der Waals surface area contributed by atoms with Crippen LogP contribution in [0.15, 0.2) is 41.2 Å². The number of nitrogens with two attached hydrogens (primary N) is 1. The molecule has 7 N–H and O–H groups in total. The molecule has 0 aliphatic heterocycles. The van der Waals surface area contributed by atoms with Crippen molar-refractivity contribution in [1.82, 2.24) is 20.6 Å². The summed E-state index contributed by atoms with van der Waals surface area (Å²) >= 11 is 0. The Hall–Kier alpha value is -5.71. The van der Waals surface area contributed by atoms with Gasteiger partial charge in [-0.1, -0.05) is 5.92 Å². The molecule has 14 heteroatoms. The number of terminal acetylenes is 1. The number of benzene rings is 2. The number of rotatable bonds is 14. The van der Waals surface area contributed by atoms with E-state index in [1.165, 1.54) is 12.1 Å². The van der Waals surface area contributed by atoms with Crippen LogP contribution in [0.5, 0.6) is 0 Å². The number of aliphatic carboxylic acids is 2. The summed E-state index contributed by atoms with van der Waals surface area (Å²) in [7, 11) is 0. The highest BCUT2D eigenvalue weighted by molar-refractivity contribution is 5.97. The second kappa shape index (κ2) is 14.4. The predicted octanol–water partition coefficient (Wildman–Crippen LogP) is 1.16. The van der Waals surface area contributed by atoms with E-state index in [1.54, 1.807) is 19.1 Å². The Morgan fingerprint density at radius 1 is 1.07 bits per heavy atom. The van der Waals surface area contributed by atoms with Gasteiger partial charge in [-0.2, -0.15) is 0 Å². The van der Waals surface area contributed by atoms with Crippen molar-refractivity contribution < 1.29 is 34.2 Å². The van der Waals surface area contributed by atoms with E-state index < -0.39 is 48.2 Å². The molecule has 1 aliphatic rings. The summed E-state index contributed by atoms with van der Waals surface area (Å²) in [6, 6.07) is 7.32. The number of aromatic amines is 1. The fourth-order valence-electron chi connectivity index (χ4n) is 5.53. The Bertz CT molecular complexity index is 1780. The van der Waals surface area contributed by atoms with Crippen LogP contribution in [-0.2, 0) is 25.6 Å². The quantitative estimate of drug-likeness (QED) is 0.139. The van der Waals surface area contributed by atoms with Crippen molar-refractivity contribution in [2.24, 2.45) is 5.73 Å². The summed E-state index contributed by atoms with van der Waals surface area (Å²) < 4.78 is 0. The lowest BCUT2D eigenvalue weighted by Crippen LogP contribution is -2.44. The number of fused-ring (bicyclic) bond motifs is 2. The van der Waals surface area contributed by atoms with Crippen molar-refractivity contribution in [1.29, 1.82) is 0 Å². The number of carbonyl (C=O) groups excluding carboxylic acids is 3. The number of nitrogens with one attached hydrogen (secondary N) is 3. The number of hydrogen-bond acceptors (Lipinski definition) is 8. The fourth-order valence-corrected chi connectivity index (χ4v) is 5.53. The number of carboxylic acids is 2. The third kappa shape index (κ3) is 7.86. The van der Waals surface area contributed by atoms with Gasteiger partial charge in [-0.3, -0.25) is 19.2 Å². The second-order valence-electron chi connectivity index (χ2n) is 11.0. The maximum atomic E-state index is 12.9. The number of primary amides is 1. The van der Waals surface area contributed by atoms with E-state index in [0.717, 1.165) is 29.7 Å². The minimum Gasteiger partial charge on any atom is -0.480 e. The fraction of sp³-hybridized carbons (Fsp3) is 0.344. The molecule has 0 fully saturated rings. The first-order valence-corrected chi connectivity index (χ1v) is 14.6. The van der Waals surface area contributed by atoms with Gasteiger partial charge >= 0.3 is 11.9 Å². The van der Waals surface area contributed by atoms with Crippen LogP contribution in [0.1, 0.15) is 65.5 Å². The van der Waals surface area contributed by atoms with Gasteiger partial charge in [-0.15, -0.1) is 6.42 Å². The van der Waals surface area contributed by atoms with Crippen LogP contribution in [-0.4, -0.2) is 68.5 Å². The molecule has 1 aliphatic carbocycles. The Labute approximate surface area is 263 Å². The van der Waals surface area contributed by atoms with Crippen molar-refractivity contribution in [3.63, 3.8) is 0 Å². The van der Waals surface area contributed by atoms with Gasteiger partial charge in [0.1, 0.15) is 17.9 Å². The van der Waals surface area contributed by atoms with Crippen molar-refractivity contribution in [3.8, 4) is 12.3 Å². The molecule has 0 saturated heterocycles. The van der Waals surface area contributed by atoms with Gasteiger partial charge in [0, 0.05) is 24.1 Å². The Kier molecular flexibility index (Phi) is 10.4. The number of aryl methyl sites for hydroxylation is 2. The Balaban J connectivity index is 1.43. The number of aromatic nitrogens is 2. The molecule has 4 rings (SSSR count). The zero-order valence-corrected chi connectivity index (χ0v) is 25.0. The van der Waals surface area contributed by atoms with E-state index in [-0.39, 0.29) is 43.0 Å². The van der Waals surface area contributed by atoms with Gasteiger partial charge in [-0.25, -0.2) is 14.6 Å². The van der Waals surface area contributed by atoms with Crippen molar-refractivity contribution in [2.75, 3.05) is 11.4 Å². The van der Waals surface area contributed by atoms with E-state index in [1.807, 2.05) is 17.0 Å². The normalized spacial score (nSPS) is 14.8. The number of carbonyl (C=O) groups is 5. The van der Waals surface area contributed by atoms with E-state index in [4.69, 9.17) is 12.2 Å². The molecule has 3 aromatic rings. The first kappa shape index (κ1) is 33.2. The van der Waals surface area contributed by atoms with Crippen LogP contribution in [0.2, 0.25) is 0 Å². The first-order chi connectivity index (χ1) is 21.9. The minimum atomic E-state index is -1.43. The zero-order chi connectivity index (χ0) is 33.5. The molecular weight excluding hydrogens is 596 g/mol. The molecule has 2 aromatic carbocycles. The van der Waals surface area contributed by atoms with E-state index in [9.17, 15) is 39.0 Å². The van der Waals surface area contributed by atoms with Gasteiger partial charge in [0.05, 0.1) is 23.5 Å². The van der Waals surface area contributed by atoms with Crippen molar-refractivity contribution >= 4 is 46.3 Å². The number of amides is 3. The van der Waals surface area contributed by atoms with Crippen LogP contribution in [0, 0.1) is 19.3 Å². The molecule has 1 heterocycles. The van der Waals surface area contributed by atoms with Gasteiger partial charge in [0.15, 0.2) is 0 Å². The van der Waals surface area contributed by atoms with Crippen LogP contribution < -0.4 is 26.8 Å². The molecule has 46 heavy (non-hydrogen) atoms. The molecule has 0 bridgehead atoms. The maximum absolute atomic E-state index is 12.9. The summed E-state index contributed by atoms with van der Waals surface area (Å²) in [5, 5.41) is 24.0. The molecule has 0 radical (unpaired) electrons. The van der Waals surface area contributed by atoms with Gasteiger partial charge < -0.3 is 36.5 Å². The first-order valence-electron chi connectivity index (χ1n) is 14.6. The topological polar surface area (TPSA) is 225 Å². The van der Waals surface area contributed by atoms with E-state index in [2.05, 4.69) is 26.5 Å². The Morgan fingerprint density at radius 3 is 2.35 bits per heavy atom. The third-order valence-electron chi connectivity index (χ3n) is 7.81. The molecule has 1 aromatic heterocycles. The van der Waals surface area contributed by atoms with Crippen molar-refractivity contribution in [3.05, 3.63) is 69.3 Å². The molecule has 3 atom stereocenters. The molecular formula is C32H34N6O8. The molecule has 3 amide bonds. The molecule has 14 nitrogen and oxygen atoms in total. The van der Waals surface area contributed by atoms with Crippen molar-refractivity contribution in [2.45, 2.75) is 63.6 Å². The van der Waals surface area contributed by atoms with E-state index in [0.29, 0.717) is 16.7 Å². The number of H-pyrrole nitrogens is 1. The number of carboxylic acid groups (broad SMARTS) is 2. The summed E-state index contributed by atoms with van der Waals surface area (Å²) in [6.07, 6.45) is 6.06. The predicted molar refractivity (Wildman–Crippen MR) is 167 cm³/mol. The highest BCUT2D eigenvalue weighted by Crippen LogP contribution is 2.39. The van der Waals surface area contributed by atoms with Crippen LogP contribution in [0.25, 0.3) is 10.9 Å². The minimum absolute atomic E-state index is 0.130. The summed E-state index contributed by atoms with van der Waals surface area (Å²) in [6.45, 7) is 1.98. The number of hydrogen-bond donors (Lipinski definition) is 6. The average Bonchev–Trinajstić information content (AvgIpc) is 3.41. The molecule has 0 spiro atoms. The summed E-state index contributed by atoms with van der Waals surface area (Å²) in [4.78, 5) is 81.2. The summed E-state index contributed by atoms with van der Waals surface area (Å²) in [5.74, 6) is -1.70. The lowest BCUT2D eigenvalue weighted by Gasteiger charge is -2.30. The molecule has 240 valence electrons. The maximum Gasteiger partial charge on any atom is 0.326 e.